The second-order valence-corrected chi connectivity index (χ2v) is 2.57. The number of aliphatic hydroxyl groups is 1. The summed E-state index contributed by atoms with van der Waals surface area (Å²) in [7, 11) is 0. The predicted molar refractivity (Wildman–Crippen MR) is 36.5 cm³/mol. The molecule has 58 valence electrons. The average Bonchev–Trinajstić information content (AvgIpc) is 1.84. The minimum absolute atomic E-state index is 0.279. The van der Waals surface area contributed by atoms with Crippen LogP contribution >= 0.6 is 0 Å². The van der Waals surface area contributed by atoms with Crippen LogP contribution in [0.15, 0.2) is 0 Å². The van der Waals surface area contributed by atoms with Crippen molar-refractivity contribution in [3.05, 3.63) is 0 Å². The van der Waals surface area contributed by atoms with Crippen molar-refractivity contribution in [1.29, 1.82) is 0 Å². The summed E-state index contributed by atoms with van der Waals surface area (Å²) in [6, 6.07) is 0. The van der Waals surface area contributed by atoms with Gasteiger partial charge in [0.05, 0.1) is 0 Å². The third-order valence-corrected chi connectivity index (χ3v) is 1.22. The maximum atomic E-state index is 10.8. The van der Waals surface area contributed by atoms with E-state index in [4.69, 9.17) is 5.11 Å². The van der Waals surface area contributed by atoms with Gasteiger partial charge in [0, 0.05) is 5.92 Å². The Balaban J connectivity index is 4.08. The molecule has 3 heteroatoms. The molecule has 0 radical (unpaired) electrons. The molecule has 0 aliphatic carbocycles. The van der Waals surface area contributed by atoms with E-state index in [1.807, 2.05) is 0 Å². The van der Waals surface area contributed by atoms with Gasteiger partial charge in [-0.2, -0.15) is 0 Å². The maximum absolute atomic E-state index is 10.8. The first-order valence-electron chi connectivity index (χ1n) is 3.19. The zero-order valence-electron chi connectivity index (χ0n) is 6.42. The van der Waals surface area contributed by atoms with Gasteiger partial charge < -0.3 is 5.11 Å². The number of hydrogen-bond acceptors (Lipinski definition) is 3. The van der Waals surface area contributed by atoms with Crippen molar-refractivity contribution in [2.45, 2.75) is 26.9 Å². The zero-order valence-corrected chi connectivity index (χ0v) is 6.42. The minimum Gasteiger partial charge on any atom is -0.378 e. The molecule has 0 fully saturated rings. The van der Waals surface area contributed by atoms with Gasteiger partial charge in [0.1, 0.15) is 0 Å². The minimum atomic E-state index is -1.42. The fraction of sp³-hybridized carbons (Fsp3) is 0.714. The highest BCUT2D eigenvalue weighted by atomic mass is 16.3. The van der Waals surface area contributed by atoms with Crippen molar-refractivity contribution in [3.63, 3.8) is 0 Å². The molecule has 0 aliphatic rings. The van der Waals surface area contributed by atoms with Gasteiger partial charge in [-0.05, 0) is 6.92 Å². The summed E-state index contributed by atoms with van der Waals surface area (Å²) in [4.78, 5) is 21.2. The zero-order chi connectivity index (χ0) is 8.31. The highest BCUT2D eigenvalue weighted by molar-refractivity contribution is 6.04. The van der Waals surface area contributed by atoms with Crippen LogP contribution in [0, 0.1) is 5.92 Å². The Morgan fingerprint density at radius 1 is 1.30 bits per heavy atom. The fourth-order valence-corrected chi connectivity index (χ4v) is 0.516. The van der Waals surface area contributed by atoms with Crippen molar-refractivity contribution >= 4 is 11.6 Å². The van der Waals surface area contributed by atoms with E-state index in [0.717, 1.165) is 0 Å². The summed E-state index contributed by atoms with van der Waals surface area (Å²) in [5.74, 6) is -1.18. The quantitative estimate of drug-likeness (QED) is 0.574. The Morgan fingerprint density at radius 3 is 1.80 bits per heavy atom. The van der Waals surface area contributed by atoms with Crippen LogP contribution in [0.5, 0.6) is 0 Å². The van der Waals surface area contributed by atoms with E-state index in [-0.39, 0.29) is 5.92 Å². The lowest BCUT2D eigenvalue weighted by atomic mass is 10.0. The van der Waals surface area contributed by atoms with Gasteiger partial charge in [-0.1, -0.05) is 13.8 Å². The smallest absolute Gasteiger partial charge is 0.171 e. The molecule has 1 atom stereocenters. The average molecular weight is 144 g/mol. The maximum Gasteiger partial charge on any atom is 0.171 e. The Labute approximate surface area is 60.0 Å². The largest absolute Gasteiger partial charge is 0.378 e. The molecule has 0 spiro atoms. The predicted octanol–water partition coefficient (Wildman–Crippen LogP) is 0.161. The molecule has 1 N–H and O–H groups in total. The van der Waals surface area contributed by atoms with Crippen LogP contribution in [0.1, 0.15) is 20.8 Å². The normalized spacial score (nSPS) is 13.3. The Bertz CT molecular complexity index is 149. The number of aliphatic hydroxyl groups excluding tert-OH is 1. The molecule has 0 aromatic heterocycles. The first-order valence-corrected chi connectivity index (χ1v) is 3.19. The fourth-order valence-electron chi connectivity index (χ4n) is 0.516. The van der Waals surface area contributed by atoms with E-state index >= 15 is 0 Å². The lowest BCUT2D eigenvalue weighted by Gasteiger charge is -2.07. The molecule has 0 rings (SSSR count). The highest BCUT2D eigenvalue weighted by Crippen LogP contribution is 1.99. The van der Waals surface area contributed by atoms with Gasteiger partial charge in [0.25, 0.3) is 0 Å². The third-order valence-electron chi connectivity index (χ3n) is 1.22. The number of carbonyl (C=O) groups is 2. The molecule has 0 amide bonds. The van der Waals surface area contributed by atoms with Crippen LogP contribution in [0.3, 0.4) is 0 Å². The Morgan fingerprint density at radius 2 is 1.70 bits per heavy atom. The first-order chi connectivity index (χ1) is 4.46. The standard InChI is InChI=1S/C7H12O3/c1-4(2)6(9)7(10)5(3)8/h4,7,10H,1-3H3/t7-/m0/s1. The molecule has 3 nitrogen and oxygen atoms in total. The molecule has 0 aromatic rings. The van der Waals surface area contributed by atoms with Crippen LogP contribution in [0.25, 0.3) is 0 Å². The molecule has 0 unspecified atom stereocenters. The number of rotatable bonds is 3. The van der Waals surface area contributed by atoms with Crippen molar-refractivity contribution in [2.75, 3.05) is 0 Å². The monoisotopic (exact) mass is 144 g/mol. The molecule has 0 saturated carbocycles. The number of carbonyl (C=O) groups excluding carboxylic acids is 2. The second-order valence-electron chi connectivity index (χ2n) is 2.57. The van der Waals surface area contributed by atoms with Gasteiger partial charge in [-0.3, -0.25) is 9.59 Å². The number of ketones is 2. The van der Waals surface area contributed by atoms with Crippen LogP contribution in [-0.2, 0) is 9.59 Å². The van der Waals surface area contributed by atoms with E-state index in [0.29, 0.717) is 0 Å². The van der Waals surface area contributed by atoms with E-state index < -0.39 is 17.7 Å². The molecule has 0 heterocycles. The lowest BCUT2D eigenvalue weighted by Crippen LogP contribution is -2.31. The van der Waals surface area contributed by atoms with Crippen molar-refractivity contribution in [1.82, 2.24) is 0 Å². The Kier molecular flexibility index (Phi) is 3.22. The van der Waals surface area contributed by atoms with E-state index in [1.54, 1.807) is 13.8 Å². The summed E-state index contributed by atoms with van der Waals surface area (Å²) in [6.45, 7) is 4.49. The van der Waals surface area contributed by atoms with Gasteiger partial charge in [-0.25, -0.2) is 0 Å². The number of Topliss-reactive ketones (excluding diaryl/α,β-unsaturated/α-hetero) is 2. The van der Waals surface area contributed by atoms with Crippen molar-refractivity contribution < 1.29 is 14.7 Å². The van der Waals surface area contributed by atoms with Crippen LogP contribution in [0.4, 0.5) is 0 Å². The highest BCUT2D eigenvalue weighted by Gasteiger charge is 2.21. The van der Waals surface area contributed by atoms with Crippen molar-refractivity contribution in [2.24, 2.45) is 5.92 Å². The lowest BCUT2D eigenvalue weighted by molar-refractivity contribution is -0.139. The molecule has 0 aromatic carbocycles. The molecule has 0 aliphatic heterocycles. The second kappa shape index (κ2) is 3.46. The van der Waals surface area contributed by atoms with Crippen LogP contribution in [0.2, 0.25) is 0 Å². The van der Waals surface area contributed by atoms with E-state index in [1.165, 1.54) is 6.92 Å². The molecular weight excluding hydrogens is 132 g/mol. The molecule has 0 saturated heterocycles. The van der Waals surface area contributed by atoms with Gasteiger partial charge in [-0.15, -0.1) is 0 Å². The summed E-state index contributed by atoms with van der Waals surface area (Å²) >= 11 is 0. The van der Waals surface area contributed by atoms with Crippen molar-refractivity contribution in [3.8, 4) is 0 Å². The summed E-state index contributed by atoms with van der Waals surface area (Å²) in [5, 5.41) is 8.87. The third kappa shape index (κ3) is 2.27. The SMILES string of the molecule is CC(=O)[C@H](O)C(=O)C(C)C. The van der Waals surface area contributed by atoms with Gasteiger partial charge >= 0.3 is 0 Å². The topological polar surface area (TPSA) is 54.4 Å². The van der Waals surface area contributed by atoms with E-state index in [2.05, 4.69) is 0 Å². The molecule has 0 bridgehead atoms. The summed E-state index contributed by atoms with van der Waals surface area (Å²) in [6.07, 6.45) is -1.42. The number of hydrogen-bond donors (Lipinski definition) is 1. The first kappa shape index (κ1) is 9.30. The molecular formula is C7H12O3. The summed E-state index contributed by atoms with van der Waals surface area (Å²) < 4.78 is 0. The summed E-state index contributed by atoms with van der Waals surface area (Å²) in [5.41, 5.74) is 0. The van der Waals surface area contributed by atoms with Crippen LogP contribution in [-0.4, -0.2) is 22.8 Å². The van der Waals surface area contributed by atoms with Gasteiger partial charge in [0.15, 0.2) is 17.7 Å². The van der Waals surface area contributed by atoms with Crippen LogP contribution < -0.4 is 0 Å². The van der Waals surface area contributed by atoms with Gasteiger partial charge in [0.2, 0.25) is 0 Å². The molecule has 10 heavy (non-hydrogen) atoms. The van der Waals surface area contributed by atoms with E-state index in [9.17, 15) is 9.59 Å². The Hall–Kier alpha value is -0.700.